The molecule has 0 heterocycles. The lowest BCUT2D eigenvalue weighted by atomic mass is 9.99. The zero-order valence-corrected chi connectivity index (χ0v) is 10.2. The number of hydrogen-bond donors (Lipinski definition) is 1. The molecule has 3 nitrogen and oxygen atoms in total. The van der Waals surface area contributed by atoms with Gasteiger partial charge in [0.25, 0.3) is 0 Å². The summed E-state index contributed by atoms with van der Waals surface area (Å²) >= 11 is 0. The molecule has 0 radical (unpaired) electrons. The maximum atomic E-state index is 11.7. The average Bonchev–Trinajstić information content (AvgIpc) is 2.39. The molecule has 3 heteroatoms. The Morgan fingerprint density at radius 3 is 2.71 bits per heavy atom. The fraction of sp³-hybridized carbons (Fsp3) is 0.357. The highest BCUT2D eigenvalue weighted by Crippen LogP contribution is 2.15. The van der Waals surface area contributed by atoms with Crippen molar-refractivity contribution in [2.45, 2.75) is 12.8 Å². The highest BCUT2D eigenvalue weighted by Gasteiger charge is 2.20. The van der Waals surface area contributed by atoms with Crippen LogP contribution in [0.1, 0.15) is 18.4 Å². The summed E-state index contributed by atoms with van der Waals surface area (Å²) in [6.07, 6.45) is 0. The summed E-state index contributed by atoms with van der Waals surface area (Å²) in [4.78, 5) is 11.7. The highest BCUT2D eigenvalue weighted by molar-refractivity contribution is 5.78. The van der Waals surface area contributed by atoms with Gasteiger partial charge in [0.05, 0.1) is 19.6 Å². The molecular weight excluding hydrogens is 214 g/mol. The Hall–Kier alpha value is -1.79. The van der Waals surface area contributed by atoms with Crippen LogP contribution in [0.4, 0.5) is 0 Å². The van der Waals surface area contributed by atoms with Crippen molar-refractivity contribution in [2.24, 2.45) is 0 Å². The third-order valence-electron chi connectivity index (χ3n) is 2.43. The van der Waals surface area contributed by atoms with Crippen molar-refractivity contribution in [3.05, 3.63) is 35.9 Å². The van der Waals surface area contributed by atoms with Crippen molar-refractivity contribution in [3.8, 4) is 11.8 Å². The molecule has 1 atom stereocenters. The molecule has 0 fully saturated rings. The topological polar surface area (TPSA) is 38.3 Å². The molecule has 17 heavy (non-hydrogen) atoms. The molecule has 1 unspecified atom stereocenters. The zero-order chi connectivity index (χ0) is 12.5. The fourth-order valence-electron chi connectivity index (χ4n) is 1.53. The molecule has 1 aromatic carbocycles. The molecule has 0 saturated carbocycles. The molecule has 0 aromatic heterocycles. The van der Waals surface area contributed by atoms with Crippen LogP contribution in [-0.4, -0.2) is 26.2 Å². The van der Waals surface area contributed by atoms with E-state index in [2.05, 4.69) is 17.2 Å². The van der Waals surface area contributed by atoms with Crippen LogP contribution < -0.4 is 5.32 Å². The summed E-state index contributed by atoms with van der Waals surface area (Å²) in [6.45, 7) is 2.90. The first kappa shape index (κ1) is 13.3. The van der Waals surface area contributed by atoms with Gasteiger partial charge in [-0.15, -0.1) is 5.92 Å². The molecule has 1 aromatic rings. The number of benzene rings is 1. The van der Waals surface area contributed by atoms with Crippen molar-refractivity contribution in [1.82, 2.24) is 5.32 Å². The summed E-state index contributed by atoms with van der Waals surface area (Å²) in [5.41, 5.74) is 0.955. The Morgan fingerprint density at radius 2 is 2.12 bits per heavy atom. The van der Waals surface area contributed by atoms with E-state index in [0.29, 0.717) is 13.1 Å². The number of carbonyl (C=O) groups is 1. The van der Waals surface area contributed by atoms with Gasteiger partial charge in [0.2, 0.25) is 0 Å². The van der Waals surface area contributed by atoms with Crippen LogP contribution in [-0.2, 0) is 9.53 Å². The maximum Gasteiger partial charge on any atom is 0.314 e. The minimum atomic E-state index is -0.278. The molecule has 0 aliphatic rings. The summed E-state index contributed by atoms with van der Waals surface area (Å²) in [6, 6.07) is 9.60. The van der Waals surface area contributed by atoms with Crippen LogP contribution in [0.2, 0.25) is 0 Å². The number of ether oxygens (including phenoxy) is 1. The van der Waals surface area contributed by atoms with E-state index in [9.17, 15) is 4.79 Å². The standard InChI is InChI=1S/C14H17NO2/c1-3-4-10-15-11-13(14(16)17-2)12-8-6-5-7-9-12/h5-9,13,15H,10-11H2,1-2H3. The Morgan fingerprint density at radius 1 is 1.41 bits per heavy atom. The smallest absolute Gasteiger partial charge is 0.314 e. The van der Waals surface area contributed by atoms with Crippen molar-refractivity contribution in [3.63, 3.8) is 0 Å². The van der Waals surface area contributed by atoms with E-state index in [4.69, 9.17) is 4.74 Å². The minimum Gasteiger partial charge on any atom is -0.469 e. The van der Waals surface area contributed by atoms with Gasteiger partial charge in [0.1, 0.15) is 0 Å². The number of rotatable bonds is 5. The Kier molecular flexibility index (Phi) is 5.84. The molecule has 0 aliphatic carbocycles. The van der Waals surface area contributed by atoms with Crippen molar-refractivity contribution in [1.29, 1.82) is 0 Å². The molecular formula is C14H17NO2. The quantitative estimate of drug-likeness (QED) is 0.475. The monoisotopic (exact) mass is 231 g/mol. The lowest BCUT2D eigenvalue weighted by Gasteiger charge is -2.14. The normalized spacial score (nSPS) is 11.2. The van der Waals surface area contributed by atoms with Gasteiger partial charge in [-0.1, -0.05) is 36.3 Å². The summed E-state index contributed by atoms with van der Waals surface area (Å²) in [5.74, 6) is 5.19. The maximum absolute atomic E-state index is 11.7. The van der Waals surface area contributed by atoms with E-state index in [1.165, 1.54) is 7.11 Å². The van der Waals surface area contributed by atoms with Crippen LogP contribution in [0.15, 0.2) is 30.3 Å². The van der Waals surface area contributed by atoms with Gasteiger partial charge in [0, 0.05) is 6.54 Å². The second kappa shape index (κ2) is 7.48. The zero-order valence-electron chi connectivity index (χ0n) is 10.2. The first-order valence-electron chi connectivity index (χ1n) is 5.52. The molecule has 0 bridgehead atoms. The van der Waals surface area contributed by atoms with Crippen LogP contribution in [0, 0.1) is 11.8 Å². The van der Waals surface area contributed by atoms with Gasteiger partial charge < -0.3 is 10.1 Å². The molecule has 0 amide bonds. The Labute approximate surface area is 102 Å². The van der Waals surface area contributed by atoms with E-state index in [1.54, 1.807) is 6.92 Å². The van der Waals surface area contributed by atoms with Gasteiger partial charge in [-0.2, -0.15) is 0 Å². The predicted octanol–water partition coefficient (Wildman–Crippen LogP) is 1.56. The largest absolute Gasteiger partial charge is 0.469 e. The van der Waals surface area contributed by atoms with Gasteiger partial charge in [0.15, 0.2) is 0 Å². The van der Waals surface area contributed by atoms with E-state index in [1.807, 2.05) is 30.3 Å². The van der Waals surface area contributed by atoms with Crippen LogP contribution in [0.3, 0.4) is 0 Å². The van der Waals surface area contributed by atoms with Crippen molar-refractivity contribution < 1.29 is 9.53 Å². The van der Waals surface area contributed by atoms with Gasteiger partial charge in [-0.25, -0.2) is 0 Å². The third-order valence-corrected chi connectivity index (χ3v) is 2.43. The molecule has 0 saturated heterocycles. The molecule has 0 aliphatic heterocycles. The van der Waals surface area contributed by atoms with Crippen molar-refractivity contribution >= 4 is 5.97 Å². The summed E-state index contributed by atoms with van der Waals surface area (Å²) < 4.78 is 4.81. The Bertz CT molecular complexity index is 403. The Balaban J connectivity index is 2.67. The summed E-state index contributed by atoms with van der Waals surface area (Å²) in [5, 5.41) is 3.13. The lowest BCUT2D eigenvalue weighted by molar-refractivity contribution is -0.142. The lowest BCUT2D eigenvalue weighted by Crippen LogP contribution is -2.28. The SMILES string of the molecule is CC#CCNCC(C(=O)OC)c1ccccc1. The average molecular weight is 231 g/mol. The number of esters is 1. The third kappa shape index (κ3) is 4.29. The number of carbonyl (C=O) groups excluding carboxylic acids is 1. The molecule has 1 rings (SSSR count). The van der Waals surface area contributed by atoms with E-state index >= 15 is 0 Å². The van der Waals surface area contributed by atoms with Crippen LogP contribution in [0.25, 0.3) is 0 Å². The number of hydrogen-bond acceptors (Lipinski definition) is 3. The van der Waals surface area contributed by atoms with Crippen LogP contribution in [0.5, 0.6) is 0 Å². The van der Waals surface area contributed by atoms with Gasteiger partial charge in [-0.3, -0.25) is 4.79 Å². The first-order valence-corrected chi connectivity index (χ1v) is 5.52. The number of nitrogens with one attached hydrogen (secondary N) is 1. The molecule has 1 N–H and O–H groups in total. The first-order chi connectivity index (χ1) is 8.29. The van der Waals surface area contributed by atoms with Gasteiger partial charge in [-0.05, 0) is 12.5 Å². The predicted molar refractivity (Wildman–Crippen MR) is 67.5 cm³/mol. The molecule has 0 spiro atoms. The summed E-state index contributed by atoms with van der Waals surface area (Å²) in [7, 11) is 1.41. The van der Waals surface area contributed by atoms with E-state index in [-0.39, 0.29) is 11.9 Å². The van der Waals surface area contributed by atoms with E-state index < -0.39 is 0 Å². The van der Waals surface area contributed by atoms with Crippen LogP contribution >= 0.6 is 0 Å². The van der Waals surface area contributed by atoms with E-state index in [0.717, 1.165) is 5.56 Å². The fourth-order valence-corrected chi connectivity index (χ4v) is 1.53. The highest BCUT2D eigenvalue weighted by atomic mass is 16.5. The second-order valence-corrected chi connectivity index (χ2v) is 3.54. The molecule has 90 valence electrons. The second-order valence-electron chi connectivity index (χ2n) is 3.54. The van der Waals surface area contributed by atoms with Gasteiger partial charge >= 0.3 is 5.97 Å². The number of methoxy groups -OCH3 is 1. The van der Waals surface area contributed by atoms with Crippen molar-refractivity contribution in [2.75, 3.05) is 20.2 Å². The minimum absolute atomic E-state index is 0.229.